The average Bonchev–Trinajstić information content (AvgIpc) is 3.09. The Bertz CT molecular complexity index is 929. The molecule has 0 bridgehead atoms. The highest BCUT2D eigenvalue weighted by Gasteiger charge is 2.29. The van der Waals surface area contributed by atoms with E-state index in [1.807, 2.05) is 31.2 Å². The maximum Gasteiger partial charge on any atom is 0.407 e. The van der Waals surface area contributed by atoms with Crippen molar-refractivity contribution in [2.24, 2.45) is 5.92 Å². The quantitative estimate of drug-likeness (QED) is 0.587. The lowest BCUT2D eigenvalue weighted by molar-refractivity contribution is -0.138. The second-order valence-corrected chi connectivity index (χ2v) is 8.33. The van der Waals surface area contributed by atoms with Crippen molar-refractivity contribution in [1.29, 1.82) is 0 Å². The van der Waals surface area contributed by atoms with E-state index in [-0.39, 0.29) is 37.2 Å². The van der Waals surface area contributed by atoms with Crippen LogP contribution in [-0.2, 0) is 14.3 Å². The third kappa shape index (κ3) is 5.87. The number of rotatable bonds is 10. The highest BCUT2D eigenvalue weighted by Crippen LogP contribution is 2.44. The maximum absolute atomic E-state index is 12.3. The van der Waals surface area contributed by atoms with Gasteiger partial charge in [-0.2, -0.15) is 0 Å². The van der Waals surface area contributed by atoms with Crippen LogP contribution in [-0.4, -0.2) is 54.7 Å². The van der Waals surface area contributed by atoms with Gasteiger partial charge in [-0.1, -0.05) is 55.5 Å². The topological polar surface area (TPSA) is 95.9 Å². The molecule has 2 amide bonds. The number of hydrogen-bond donors (Lipinski definition) is 2. The van der Waals surface area contributed by atoms with Crippen molar-refractivity contribution in [1.82, 2.24) is 10.2 Å². The van der Waals surface area contributed by atoms with Crippen LogP contribution in [0.5, 0.6) is 0 Å². The number of carbonyl (C=O) groups excluding carboxylic acids is 2. The van der Waals surface area contributed by atoms with Gasteiger partial charge in [0.2, 0.25) is 5.91 Å². The molecule has 1 atom stereocenters. The summed E-state index contributed by atoms with van der Waals surface area (Å²) in [6.07, 6.45) is 0.231. The van der Waals surface area contributed by atoms with Crippen molar-refractivity contribution in [3.63, 3.8) is 0 Å². The maximum atomic E-state index is 12.3. The van der Waals surface area contributed by atoms with Crippen LogP contribution in [0.3, 0.4) is 0 Å². The Morgan fingerprint density at radius 3 is 2.25 bits per heavy atom. The average molecular weight is 439 g/mol. The Morgan fingerprint density at radius 1 is 1.06 bits per heavy atom. The Balaban J connectivity index is 1.44. The minimum Gasteiger partial charge on any atom is -0.481 e. The molecule has 7 heteroatoms. The summed E-state index contributed by atoms with van der Waals surface area (Å²) < 4.78 is 5.52. The zero-order chi connectivity index (χ0) is 23.1. The lowest BCUT2D eigenvalue weighted by Crippen LogP contribution is -2.34. The molecule has 0 radical (unpaired) electrons. The first kappa shape index (κ1) is 23.3. The number of amides is 2. The molecule has 0 saturated heterocycles. The summed E-state index contributed by atoms with van der Waals surface area (Å²) in [5, 5.41) is 11.4. The largest absolute Gasteiger partial charge is 0.481 e. The SMILES string of the molecule is CC(CNC(=O)OCC1c2ccccc2-c2ccccc21)CC(=O)N(C)CCCC(=O)O. The molecule has 32 heavy (non-hydrogen) atoms. The number of ether oxygens (including phenoxy) is 1. The van der Waals surface area contributed by atoms with Gasteiger partial charge in [0.25, 0.3) is 0 Å². The Morgan fingerprint density at radius 2 is 1.66 bits per heavy atom. The van der Waals surface area contributed by atoms with Gasteiger partial charge < -0.3 is 20.1 Å². The number of fused-ring (bicyclic) bond motifs is 3. The van der Waals surface area contributed by atoms with Crippen molar-refractivity contribution >= 4 is 18.0 Å². The van der Waals surface area contributed by atoms with E-state index in [0.29, 0.717) is 19.5 Å². The molecule has 0 saturated carbocycles. The third-order valence-electron chi connectivity index (χ3n) is 5.77. The van der Waals surface area contributed by atoms with E-state index in [4.69, 9.17) is 9.84 Å². The molecular formula is C25H30N2O5. The predicted molar refractivity (Wildman–Crippen MR) is 121 cm³/mol. The van der Waals surface area contributed by atoms with Crippen molar-refractivity contribution in [2.45, 2.75) is 32.1 Å². The number of nitrogens with one attached hydrogen (secondary N) is 1. The minimum atomic E-state index is -0.869. The fraction of sp³-hybridized carbons (Fsp3) is 0.400. The summed E-state index contributed by atoms with van der Waals surface area (Å²) in [7, 11) is 1.66. The molecule has 0 aliphatic heterocycles. The molecule has 170 valence electrons. The molecule has 1 aliphatic carbocycles. The van der Waals surface area contributed by atoms with Crippen LogP contribution in [0.25, 0.3) is 11.1 Å². The van der Waals surface area contributed by atoms with E-state index in [2.05, 4.69) is 29.6 Å². The summed E-state index contributed by atoms with van der Waals surface area (Å²) in [5.41, 5.74) is 4.67. The van der Waals surface area contributed by atoms with Crippen LogP contribution < -0.4 is 5.32 Å². The van der Waals surface area contributed by atoms with Crippen molar-refractivity contribution in [3.05, 3.63) is 59.7 Å². The number of nitrogens with zero attached hydrogens (tertiary/aromatic N) is 1. The molecule has 1 unspecified atom stereocenters. The Labute approximate surface area is 188 Å². The third-order valence-corrected chi connectivity index (χ3v) is 5.77. The van der Waals surface area contributed by atoms with Crippen LogP contribution in [0.1, 0.15) is 43.2 Å². The molecule has 3 rings (SSSR count). The fourth-order valence-electron chi connectivity index (χ4n) is 4.03. The van der Waals surface area contributed by atoms with Gasteiger partial charge in [-0.3, -0.25) is 9.59 Å². The number of carbonyl (C=O) groups is 3. The molecule has 0 aromatic heterocycles. The zero-order valence-corrected chi connectivity index (χ0v) is 18.5. The monoisotopic (exact) mass is 438 g/mol. The smallest absolute Gasteiger partial charge is 0.407 e. The lowest BCUT2D eigenvalue weighted by Gasteiger charge is -2.20. The number of carboxylic acid groups (broad SMARTS) is 1. The van der Waals surface area contributed by atoms with E-state index >= 15 is 0 Å². The van der Waals surface area contributed by atoms with E-state index in [1.165, 1.54) is 16.0 Å². The molecule has 2 aromatic carbocycles. The molecule has 0 heterocycles. The van der Waals surface area contributed by atoms with E-state index in [0.717, 1.165) is 11.1 Å². The molecule has 0 fully saturated rings. The highest BCUT2D eigenvalue weighted by atomic mass is 16.5. The van der Waals surface area contributed by atoms with E-state index < -0.39 is 12.1 Å². The fourth-order valence-corrected chi connectivity index (χ4v) is 4.03. The molecule has 1 aliphatic rings. The first-order chi connectivity index (χ1) is 15.4. The molecule has 0 spiro atoms. The summed E-state index contributed by atoms with van der Waals surface area (Å²) in [5.74, 6) is -1.000. The Kier molecular flexibility index (Phi) is 7.87. The Hall–Kier alpha value is -3.35. The van der Waals surface area contributed by atoms with E-state index in [1.54, 1.807) is 7.05 Å². The summed E-state index contributed by atoms with van der Waals surface area (Å²) in [6.45, 7) is 2.86. The second kappa shape index (κ2) is 10.8. The van der Waals surface area contributed by atoms with Gasteiger partial charge in [0, 0.05) is 38.9 Å². The molecule has 2 N–H and O–H groups in total. The summed E-state index contributed by atoms with van der Waals surface area (Å²) in [4.78, 5) is 36.6. The van der Waals surface area contributed by atoms with Gasteiger partial charge in [0.1, 0.15) is 6.61 Å². The second-order valence-electron chi connectivity index (χ2n) is 8.33. The first-order valence-electron chi connectivity index (χ1n) is 10.9. The zero-order valence-electron chi connectivity index (χ0n) is 18.5. The molecule has 2 aromatic rings. The van der Waals surface area contributed by atoms with Crippen LogP contribution in [0.4, 0.5) is 4.79 Å². The number of benzene rings is 2. The number of aliphatic carboxylic acids is 1. The standard InChI is InChI=1S/C25H30N2O5/c1-17(14-23(28)27(2)13-7-12-24(29)30)15-26-25(31)32-16-22-20-10-5-3-8-18(20)19-9-4-6-11-21(19)22/h3-6,8-11,17,22H,7,12-16H2,1-2H3,(H,26,31)(H,29,30). The van der Waals surface area contributed by atoms with Crippen molar-refractivity contribution in [3.8, 4) is 11.1 Å². The number of hydrogen-bond acceptors (Lipinski definition) is 4. The van der Waals surface area contributed by atoms with Crippen LogP contribution in [0, 0.1) is 5.92 Å². The summed E-state index contributed by atoms with van der Waals surface area (Å²) in [6, 6.07) is 16.3. The van der Waals surface area contributed by atoms with Crippen LogP contribution in [0.15, 0.2) is 48.5 Å². The van der Waals surface area contributed by atoms with Gasteiger partial charge >= 0.3 is 12.1 Å². The molecule has 7 nitrogen and oxygen atoms in total. The van der Waals surface area contributed by atoms with Gasteiger partial charge in [0.05, 0.1) is 0 Å². The van der Waals surface area contributed by atoms with Crippen molar-refractivity contribution < 1.29 is 24.2 Å². The molecular weight excluding hydrogens is 408 g/mol. The van der Waals surface area contributed by atoms with E-state index in [9.17, 15) is 14.4 Å². The van der Waals surface area contributed by atoms with Gasteiger partial charge in [-0.25, -0.2) is 4.79 Å². The number of alkyl carbamates (subject to hydrolysis) is 1. The van der Waals surface area contributed by atoms with Crippen LogP contribution >= 0.6 is 0 Å². The van der Waals surface area contributed by atoms with Crippen LogP contribution in [0.2, 0.25) is 0 Å². The van der Waals surface area contributed by atoms with Crippen molar-refractivity contribution in [2.75, 3.05) is 26.7 Å². The predicted octanol–water partition coefficient (Wildman–Crippen LogP) is 3.87. The van der Waals surface area contributed by atoms with Gasteiger partial charge in [-0.05, 0) is 34.6 Å². The summed E-state index contributed by atoms with van der Waals surface area (Å²) >= 11 is 0. The van der Waals surface area contributed by atoms with Gasteiger partial charge in [-0.15, -0.1) is 0 Å². The van der Waals surface area contributed by atoms with Gasteiger partial charge in [0.15, 0.2) is 0 Å². The number of carboxylic acids is 1. The first-order valence-corrected chi connectivity index (χ1v) is 10.9. The minimum absolute atomic E-state index is 0.00611. The lowest BCUT2D eigenvalue weighted by atomic mass is 9.98. The highest BCUT2D eigenvalue weighted by molar-refractivity contribution is 5.79. The normalized spacial score (nSPS) is 13.1.